The second-order valence-electron chi connectivity index (χ2n) is 10.8. The number of unbranched alkanes of at least 4 members (excludes halogenated alkanes) is 19. The molecule has 0 N–H and O–H groups in total. The van der Waals surface area contributed by atoms with Crippen molar-refractivity contribution >= 4 is 17.6 Å². The van der Waals surface area contributed by atoms with E-state index in [0.29, 0.717) is 6.42 Å². The highest BCUT2D eigenvalue weighted by atomic mass is 16.6. The fraction of sp³-hybridized carbons (Fsp3) is 0.750. The largest absolute Gasteiger partial charge is 0.451 e. The van der Waals surface area contributed by atoms with Crippen LogP contribution < -0.4 is 4.74 Å². The zero-order valence-electron chi connectivity index (χ0n) is 24.6. The van der Waals surface area contributed by atoms with Gasteiger partial charge in [0.25, 0.3) is 5.69 Å². The third kappa shape index (κ3) is 19.3. The highest BCUT2D eigenvalue weighted by molar-refractivity contribution is 5.80. The Bertz CT molecular complexity index is 779. The van der Waals surface area contributed by atoms with Crippen LogP contribution in [0.3, 0.4) is 0 Å². The number of ether oxygens (including phenoxy) is 2. The normalized spacial score (nSPS) is 11.7. The van der Waals surface area contributed by atoms with E-state index in [1.165, 1.54) is 140 Å². The summed E-state index contributed by atoms with van der Waals surface area (Å²) in [6, 6.07) is 5.25. The Hall–Kier alpha value is -2.44. The molecule has 7 nitrogen and oxygen atoms in total. The number of esters is 2. The van der Waals surface area contributed by atoms with E-state index >= 15 is 0 Å². The standard InChI is InChI=1S/C32H53NO6/c1-3-4-5-6-7-8-9-10-11-12-13-14-15-16-17-18-19-20-21-22-23-31(38-28(2)34)32(35)39-30-26-24-29(25-27-30)33(36)37/h24-27,31H,3-23H2,1-2H3/t31-/m1/s1. The van der Waals surface area contributed by atoms with E-state index in [4.69, 9.17) is 9.47 Å². The summed E-state index contributed by atoms with van der Waals surface area (Å²) < 4.78 is 10.4. The van der Waals surface area contributed by atoms with Gasteiger partial charge in [0, 0.05) is 19.1 Å². The maximum atomic E-state index is 12.5. The molecule has 1 aromatic rings. The van der Waals surface area contributed by atoms with Gasteiger partial charge < -0.3 is 9.47 Å². The zero-order chi connectivity index (χ0) is 28.6. The molecule has 0 spiro atoms. The van der Waals surface area contributed by atoms with Gasteiger partial charge in [-0.3, -0.25) is 14.9 Å². The van der Waals surface area contributed by atoms with Crippen molar-refractivity contribution in [3.05, 3.63) is 34.4 Å². The number of hydrogen-bond donors (Lipinski definition) is 0. The number of hydrogen-bond acceptors (Lipinski definition) is 6. The average Bonchev–Trinajstić information content (AvgIpc) is 2.91. The highest BCUT2D eigenvalue weighted by Gasteiger charge is 2.23. The molecule has 0 aliphatic heterocycles. The van der Waals surface area contributed by atoms with Gasteiger partial charge in [-0.05, 0) is 25.0 Å². The first-order valence-electron chi connectivity index (χ1n) is 15.6. The van der Waals surface area contributed by atoms with Crippen molar-refractivity contribution in [3.63, 3.8) is 0 Å². The second-order valence-corrected chi connectivity index (χ2v) is 10.8. The molecule has 0 amide bonds. The summed E-state index contributed by atoms with van der Waals surface area (Å²) in [5.41, 5.74) is -0.0873. The smallest absolute Gasteiger partial charge is 0.352 e. The molecule has 0 aliphatic carbocycles. The summed E-state index contributed by atoms with van der Waals surface area (Å²) in [6.07, 6.45) is 25.5. The quantitative estimate of drug-likeness (QED) is 0.0397. The van der Waals surface area contributed by atoms with Gasteiger partial charge in [-0.15, -0.1) is 0 Å². The topological polar surface area (TPSA) is 95.7 Å². The van der Waals surface area contributed by atoms with Crippen molar-refractivity contribution in [2.24, 2.45) is 0 Å². The molecule has 0 radical (unpaired) electrons. The molecule has 222 valence electrons. The molecule has 0 saturated carbocycles. The predicted octanol–water partition coefficient (Wildman–Crippen LogP) is 9.64. The third-order valence-electron chi connectivity index (χ3n) is 7.16. The van der Waals surface area contributed by atoms with Gasteiger partial charge in [0.15, 0.2) is 6.10 Å². The van der Waals surface area contributed by atoms with Crippen LogP contribution in [0.4, 0.5) is 5.69 Å². The van der Waals surface area contributed by atoms with E-state index in [1.807, 2.05) is 0 Å². The summed E-state index contributed by atoms with van der Waals surface area (Å²) >= 11 is 0. The van der Waals surface area contributed by atoms with E-state index in [2.05, 4.69) is 6.92 Å². The van der Waals surface area contributed by atoms with E-state index in [1.54, 1.807) is 0 Å². The maximum absolute atomic E-state index is 12.5. The van der Waals surface area contributed by atoms with Crippen molar-refractivity contribution in [2.75, 3.05) is 0 Å². The first-order chi connectivity index (χ1) is 18.9. The predicted molar refractivity (Wildman–Crippen MR) is 157 cm³/mol. The van der Waals surface area contributed by atoms with Crippen LogP contribution in [-0.2, 0) is 14.3 Å². The second kappa shape index (κ2) is 23.4. The molecule has 0 bridgehead atoms. The molecule has 0 fully saturated rings. The Morgan fingerprint density at radius 2 is 1.08 bits per heavy atom. The van der Waals surface area contributed by atoms with Crippen molar-refractivity contribution < 1.29 is 24.0 Å². The van der Waals surface area contributed by atoms with Gasteiger partial charge in [-0.25, -0.2) is 4.79 Å². The lowest BCUT2D eigenvalue weighted by Gasteiger charge is -2.15. The van der Waals surface area contributed by atoms with Gasteiger partial charge in [-0.1, -0.05) is 129 Å². The summed E-state index contributed by atoms with van der Waals surface area (Å²) in [4.78, 5) is 34.1. The number of nitro groups is 1. The lowest BCUT2D eigenvalue weighted by atomic mass is 10.0. The van der Waals surface area contributed by atoms with Crippen LogP contribution in [0.5, 0.6) is 5.75 Å². The molecule has 1 rings (SSSR count). The minimum atomic E-state index is -0.965. The first kappa shape index (κ1) is 34.6. The molecule has 39 heavy (non-hydrogen) atoms. The Morgan fingerprint density at radius 3 is 1.44 bits per heavy atom. The molecule has 7 heteroatoms. The Kier molecular flexibility index (Phi) is 20.8. The number of carbonyl (C=O) groups is 2. The number of benzene rings is 1. The zero-order valence-corrected chi connectivity index (χ0v) is 24.6. The van der Waals surface area contributed by atoms with E-state index in [0.717, 1.165) is 19.3 Å². The van der Waals surface area contributed by atoms with Crippen molar-refractivity contribution in [3.8, 4) is 5.75 Å². The molecule has 0 saturated heterocycles. The third-order valence-corrected chi connectivity index (χ3v) is 7.16. The van der Waals surface area contributed by atoms with Gasteiger partial charge in [0.05, 0.1) is 4.92 Å². The van der Waals surface area contributed by atoms with Crippen LogP contribution in [0.25, 0.3) is 0 Å². The maximum Gasteiger partial charge on any atom is 0.352 e. The molecule has 0 aromatic heterocycles. The number of rotatable bonds is 25. The van der Waals surface area contributed by atoms with E-state index < -0.39 is 23.0 Å². The fourth-order valence-electron chi connectivity index (χ4n) is 4.83. The van der Waals surface area contributed by atoms with Crippen LogP contribution >= 0.6 is 0 Å². The Balaban J connectivity index is 2.00. The van der Waals surface area contributed by atoms with Gasteiger partial charge >= 0.3 is 11.9 Å². The van der Waals surface area contributed by atoms with Gasteiger partial charge in [-0.2, -0.15) is 0 Å². The monoisotopic (exact) mass is 547 g/mol. The van der Waals surface area contributed by atoms with E-state index in [9.17, 15) is 19.7 Å². The average molecular weight is 548 g/mol. The highest BCUT2D eigenvalue weighted by Crippen LogP contribution is 2.20. The van der Waals surface area contributed by atoms with Gasteiger partial charge in [0.2, 0.25) is 0 Å². The summed E-state index contributed by atoms with van der Waals surface area (Å²) in [6.45, 7) is 3.54. The number of carbonyl (C=O) groups excluding carboxylic acids is 2. The number of nitro benzene ring substituents is 1. The van der Waals surface area contributed by atoms with Crippen LogP contribution in [0.2, 0.25) is 0 Å². The summed E-state index contributed by atoms with van der Waals surface area (Å²) in [5.74, 6) is -1.00. The molecule has 0 heterocycles. The Morgan fingerprint density at radius 1 is 0.692 bits per heavy atom. The molecule has 0 aliphatic rings. The molecular weight excluding hydrogens is 494 g/mol. The lowest BCUT2D eigenvalue weighted by molar-refractivity contribution is -0.384. The van der Waals surface area contributed by atoms with Crippen molar-refractivity contribution in [1.29, 1.82) is 0 Å². The van der Waals surface area contributed by atoms with Crippen LogP contribution in [0.15, 0.2) is 24.3 Å². The van der Waals surface area contributed by atoms with Crippen molar-refractivity contribution in [1.82, 2.24) is 0 Å². The number of non-ortho nitro benzene ring substituents is 1. The summed E-state index contributed by atoms with van der Waals surface area (Å²) in [5, 5.41) is 10.8. The van der Waals surface area contributed by atoms with Gasteiger partial charge in [0.1, 0.15) is 5.75 Å². The van der Waals surface area contributed by atoms with Crippen LogP contribution in [0.1, 0.15) is 149 Å². The van der Waals surface area contributed by atoms with Crippen LogP contribution in [-0.4, -0.2) is 23.0 Å². The van der Waals surface area contributed by atoms with Crippen LogP contribution in [0, 0.1) is 10.1 Å². The minimum absolute atomic E-state index is 0.0873. The fourth-order valence-corrected chi connectivity index (χ4v) is 4.83. The van der Waals surface area contributed by atoms with Crippen molar-refractivity contribution in [2.45, 2.75) is 155 Å². The molecule has 1 atom stereocenters. The minimum Gasteiger partial charge on any atom is -0.451 e. The summed E-state index contributed by atoms with van der Waals surface area (Å²) in [7, 11) is 0. The van der Waals surface area contributed by atoms with E-state index in [-0.39, 0.29) is 11.4 Å². The Labute approximate surface area is 236 Å². The lowest BCUT2D eigenvalue weighted by Crippen LogP contribution is -2.30. The molecule has 0 unspecified atom stereocenters. The molecular formula is C32H53NO6. The SMILES string of the molecule is CCCCCCCCCCCCCCCCCCCCCC[C@@H](OC(C)=O)C(=O)Oc1ccc([N+](=O)[O-])cc1. The molecule has 1 aromatic carbocycles. The first-order valence-corrected chi connectivity index (χ1v) is 15.6. The number of nitrogens with zero attached hydrogens (tertiary/aromatic N) is 1.